The average molecular weight is 510 g/mol. The molecule has 0 aliphatic heterocycles. The SMILES string of the molecule is O=C(CSc1cccc(NC(=O)c2cccc3cccc(C(=O)O)c23)c1)c1ccc(Cl)cc1Cl. The number of benzene rings is 4. The summed E-state index contributed by atoms with van der Waals surface area (Å²) in [6.07, 6.45) is 0. The van der Waals surface area contributed by atoms with Gasteiger partial charge in [0.25, 0.3) is 5.91 Å². The minimum atomic E-state index is -1.10. The van der Waals surface area contributed by atoms with Crippen LogP contribution in [0.15, 0.2) is 83.8 Å². The van der Waals surface area contributed by atoms with Crippen molar-refractivity contribution >= 4 is 69.1 Å². The quantitative estimate of drug-likeness (QED) is 0.205. The number of hydrogen-bond acceptors (Lipinski definition) is 4. The van der Waals surface area contributed by atoms with Crippen LogP contribution >= 0.6 is 35.0 Å². The van der Waals surface area contributed by atoms with Crippen molar-refractivity contribution < 1.29 is 19.5 Å². The van der Waals surface area contributed by atoms with Crippen molar-refractivity contribution in [3.05, 3.63) is 106 Å². The molecular weight excluding hydrogens is 493 g/mol. The molecule has 0 spiro atoms. The first-order valence-electron chi connectivity index (χ1n) is 10.1. The van der Waals surface area contributed by atoms with Gasteiger partial charge in [-0.05, 0) is 53.9 Å². The molecule has 0 radical (unpaired) electrons. The maximum atomic E-state index is 13.0. The summed E-state index contributed by atoms with van der Waals surface area (Å²) < 4.78 is 0. The van der Waals surface area contributed by atoms with E-state index in [1.807, 2.05) is 6.07 Å². The second-order valence-electron chi connectivity index (χ2n) is 7.33. The molecule has 34 heavy (non-hydrogen) atoms. The van der Waals surface area contributed by atoms with Crippen molar-refractivity contribution in [2.75, 3.05) is 11.1 Å². The molecule has 4 aromatic rings. The molecule has 0 unspecified atom stereocenters. The van der Waals surface area contributed by atoms with Crippen molar-refractivity contribution in [2.45, 2.75) is 4.90 Å². The molecule has 4 aromatic carbocycles. The number of hydrogen-bond donors (Lipinski definition) is 2. The summed E-state index contributed by atoms with van der Waals surface area (Å²) in [5, 5.41) is 14.2. The van der Waals surface area contributed by atoms with Crippen LogP contribution in [0.3, 0.4) is 0 Å². The molecule has 4 rings (SSSR count). The van der Waals surface area contributed by atoms with Gasteiger partial charge in [-0.3, -0.25) is 9.59 Å². The Labute approximate surface area is 209 Å². The summed E-state index contributed by atoms with van der Waals surface area (Å²) in [7, 11) is 0. The summed E-state index contributed by atoms with van der Waals surface area (Å²) in [5.41, 5.74) is 1.25. The maximum absolute atomic E-state index is 13.0. The van der Waals surface area contributed by atoms with E-state index in [0.717, 1.165) is 4.90 Å². The van der Waals surface area contributed by atoms with E-state index in [1.54, 1.807) is 60.7 Å². The summed E-state index contributed by atoms with van der Waals surface area (Å²) in [6.45, 7) is 0. The highest BCUT2D eigenvalue weighted by Gasteiger charge is 2.17. The van der Waals surface area contributed by atoms with Gasteiger partial charge in [0, 0.05) is 32.1 Å². The van der Waals surface area contributed by atoms with Crippen LogP contribution in [-0.4, -0.2) is 28.5 Å². The number of thioether (sulfide) groups is 1. The van der Waals surface area contributed by atoms with E-state index >= 15 is 0 Å². The summed E-state index contributed by atoms with van der Waals surface area (Å²) in [5.74, 6) is -1.51. The van der Waals surface area contributed by atoms with Crippen molar-refractivity contribution in [3.63, 3.8) is 0 Å². The van der Waals surface area contributed by atoms with Gasteiger partial charge < -0.3 is 10.4 Å². The van der Waals surface area contributed by atoms with E-state index in [0.29, 0.717) is 32.1 Å². The predicted molar refractivity (Wildman–Crippen MR) is 137 cm³/mol. The molecule has 2 N–H and O–H groups in total. The van der Waals surface area contributed by atoms with Crippen LogP contribution in [0.5, 0.6) is 0 Å². The van der Waals surface area contributed by atoms with Gasteiger partial charge in [-0.1, -0.05) is 53.5 Å². The zero-order valence-corrected chi connectivity index (χ0v) is 19.9. The number of carboxylic acids is 1. The molecular formula is C26H17Cl2NO4S. The number of carbonyl (C=O) groups excluding carboxylic acids is 2. The number of carboxylic acid groups (broad SMARTS) is 1. The van der Waals surface area contributed by atoms with E-state index in [9.17, 15) is 19.5 Å². The molecule has 1 amide bonds. The van der Waals surface area contributed by atoms with Gasteiger partial charge in [-0.2, -0.15) is 0 Å². The highest BCUT2D eigenvalue weighted by Crippen LogP contribution is 2.28. The number of amides is 1. The smallest absolute Gasteiger partial charge is 0.336 e. The Kier molecular flexibility index (Phi) is 7.22. The first-order valence-corrected chi connectivity index (χ1v) is 11.8. The van der Waals surface area contributed by atoms with Crippen molar-refractivity contribution in [3.8, 4) is 0 Å². The van der Waals surface area contributed by atoms with Crippen LogP contribution in [-0.2, 0) is 0 Å². The Balaban J connectivity index is 1.51. The number of halogens is 2. The standard InChI is InChI=1S/C26H17Cl2NO4S/c27-16-10-11-19(22(28)12-16)23(30)14-34-18-7-3-6-17(13-18)29-25(31)20-8-1-4-15-5-2-9-21(24(15)20)26(32)33/h1-13H,14H2,(H,29,31)(H,32,33). The van der Waals surface area contributed by atoms with Gasteiger partial charge in [-0.25, -0.2) is 4.79 Å². The zero-order valence-electron chi connectivity index (χ0n) is 17.5. The molecule has 0 bridgehead atoms. The highest BCUT2D eigenvalue weighted by atomic mass is 35.5. The number of carbonyl (C=O) groups is 3. The van der Waals surface area contributed by atoms with Gasteiger partial charge in [0.15, 0.2) is 5.78 Å². The van der Waals surface area contributed by atoms with Gasteiger partial charge >= 0.3 is 5.97 Å². The molecule has 0 aliphatic rings. The lowest BCUT2D eigenvalue weighted by molar-refractivity contribution is 0.0698. The fourth-order valence-electron chi connectivity index (χ4n) is 3.51. The lowest BCUT2D eigenvalue weighted by atomic mass is 9.98. The monoisotopic (exact) mass is 509 g/mol. The second kappa shape index (κ2) is 10.3. The number of nitrogens with one attached hydrogen (secondary N) is 1. The highest BCUT2D eigenvalue weighted by molar-refractivity contribution is 8.00. The zero-order chi connectivity index (χ0) is 24.2. The van der Waals surface area contributed by atoms with E-state index in [1.165, 1.54) is 23.9 Å². The summed E-state index contributed by atoms with van der Waals surface area (Å²) >= 11 is 13.3. The number of Topliss-reactive ketones (excluding diaryl/α,β-unsaturated/α-hetero) is 1. The van der Waals surface area contributed by atoms with Crippen LogP contribution in [0.4, 0.5) is 5.69 Å². The van der Waals surface area contributed by atoms with Gasteiger partial charge in [0.1, 0.15) is 0 Å². The third-order valence-corrected chi connectivity index (χ3v) is 6.61. The molecule has 0 aromatic heterocycles. The summed E-state index contributed by atoms with van der Waals surface area (Å²) in [6, 6.07) is 21.8. The normalized spacial score (nSPS) is 10.8. The Hall–Kier alpha value is -3.32. The molecule has 0 saturated heterocycles. The minimum Gasteiger partial charge on any atom is -0.478 e. The Bertz CT molecular complexity index is 1430. The molecule has 0 saturated carbocycles. The second-order valence-corrected chi connectivity index (χ2v) is 9.22. The van der Waals surface area contributed by atoms with Crippen LogP contribution in [0.25, 0.3) is 10.8 Å². The van der Waals surface area contributed by atoms with E-state index in [4.69, 9.17) is 23.2 Å². The first-order chi connectivity index (χ1) is 16.3. The molecule has 0 heterocycles. The van der Waals surface area contributed by atoms with Crippen LogP contribution in [0.1, 0.15) is 31.1 Å². The lowest BCUT2D eigenvalue weighted by Crippen LogP contribution is -2.13. The number of ketones is 1. The third-order valence-electron chi connectivity index (χ3n) is 5.07. The molecule has 5 nitrogen and oxygen atoms in total. The van der Waals surface area contributed by atoms with Gasteiger partial charge in [0.2, 0.25) is 0 Å². The molecule has 0 fully saturated rings. The summed E-state index contributed by atoms with van der Waals surface area (Å²) in [4.78, 5) is 38.0. The lowest BCUT2D eigenvalue weighted by Gasteiger charge is -2.11. The molecule has 0 aliphatic carbocycles. The van der Waals surface area contributed by atoms with Crippen molar-refractivity contribution in [2.24, 2.45) is 0 Å². The average Bonchev–Trinajstić information content (AvgIpc) is 2.82. The molecule has 8 heteroatoms. The van der Waals surface area contributed by atoms with Crippen molar-refractivity contribution in [1.29, 1.82) is 0 Å². The number of anilines is 1. The van der Waals surface area contributed by atoms with E-state index < -0.39 is 11.9 Å². The topological polar surface area (TPSA) is 83.5 Å². The number of fused-ring (bicyclic) bond motifs is 1. The van der Waals surface area contributed by atoms with Gasteiger partial charge in [0.05, 0.1) is 16.3 Å². The Morgan fingerprint density at radius 2 is 1.53 bits per heavy atom. The third kappa shape index (κ3) is 5.25. The number of aromatic carboxylic acids is 1. The fraction of sp³-hybridized carbons (Fsp3) is 0.0385. The Morgan fingerprint density at radius 1 is 0.824 bits per heavy atom. The van der Waals surface area contributed by atoms with Crippen LogP contribution < -0.4 is 5.32 Å². The maximum Gasteiger partial charge on any atom is 0.336 e. The van der Waals surface area contributed by atoms with Crippen molar-refractivity contribution in [1.82, 2.24) is 0 Å². The Morgan fingerprint density at radius 3 is 2.24 bits per heavy atom. The van der Waals surface area contributed by atoms with Crippen LogP contribution in [0.2, 0.25) is 10.0 Å². The van der Waals surface area contributed by atoms with Gasteiger partial charge in [-0.15, -0.1) is 11.8 Å². The predicted octanol–water partition coefficient (Wildman–Crippen LogP) is 7.07. The largest absolute Gasteiger partial charge is 0.478 e. The minimum absolute atomic E-state index is 0.0620. The number of rotatable bonds is 7. The molecule has 0 atom stereocenters. The van der Waals surface area contributed by atoms with E-state index in [-0.39, 0.29) is 22.7 Å². The first kappa shape index (κ1) is 23.8. The fourth-order valence-corrected chi connectivity index (χ4v) is 4.86. The van der Waals surface area contributed by atoms with Crippen LogP contribution in [0, 0.1) is 0 Å². The molecule has 170 valence electrons. The van der Waals surface area contributed by atoms with E-state index in [2.05, 4.69) is 5.32 Å².